The van der Waals surface area contributed by atoms with Crippen molar-refractivity contribution in [1.82, 2.24) is 19.4 Å². The third-order valence-corrected chi connectivity index (χ3v) is 4.16. The molecule has 1 amide bonds. The normalized spacial score (nSPS) is 15.2. The zero-order chi connectivity index (χ0) is 17.9. The zero-order valence-corrected chi connectivity index (χ0v) is 14.2. The van der Waals surface area contributed by atoms with Crippen LogP contribution in [0.5, 0.6) is 0 Å². The van der Waals surface area contributed by atoms with Gasteiger partial charge in [0.1, 0.15) is 11.9 Å². The van der Waals surface area contributed by atoms with Crippen LogP contribution in [0, 0.1) is 11.3 Å². The highest BCUT2D eigenvalue weighted by atomic mass is 16.2. The minimum absolute atomic E-state index is 0.0235. The van der Waals surface area contributed by atoms with Gasteiger partial charge in [0.2, 0.25) is 5.91 Å². The van der Waals surface area contributed by atoms with Gasteiger partial charge in [-0.25, -0.2) is 4.79 Å². The molecule has 0 radical (unpaired) electrons. The second-order valence-corrected chi connectivity index (χ2v) is 5.73. The van der Waals surface area contributed by atoms with E-state index in [1.54, 1.807) is 7.05 Å². The minimum Gasteiger partial charge on any atom is -0.355 e. The number of likely N-dealkylation sites (N-methyl/N-ethyl adjacent to an activating group) is 1. The summed E-state index contributed by atoms with van der Waals surface area (Å²) in [6, 6.07) is 1.92. The number of anilines is 1. The van der Waals surface area contributed by atoms with Gasteiger partial charge in [0.15, 0.2) is 5.56 Å². The molecular weight excluding hydrogens is 312 g/mol. The third-order valence-electron chi connectivity index (χ3n) is 4.16. The van der Waals surface area contributed by atoms with Gasteiger partial charge < -0.3 is 10.2 Å². The molecule has 1 aromatic heterocycles. The Morgan fingerprint density at radius 3 is 2.33 bits per heavy atom. The predicted octanol–water partition coefficient (Wildman–Crippen LogP) is -1.79. The Morgan fingerprint density at radius 1 is 1.17 bits per heavy atom. The molecule has 9 heteroatoms. The number of piperazine rings is 1. The monoisotopic (exact) mass is 334 g/mol. The smallest absolute Gasteiger partial charge is 0.332 e. The van der Waals surface area contributed by atoms with Crippen LogP contribution >= 0.6 is 0 Å². The van der Waals surface area contributed by atoms with Gasteiger partial charge >= 0.3 is 5.69 Å². The van der Waals surface area contributed by atoms with E-state index in [0.717, 1.165) is 4.57 Å². The van der Waals surface area contributed by atoms with Gasteiger partial charge in [-0.1, -0.05) is 0 Å². The van der Waals surface area contributed by atoms with E-state index < -0.39 is 11.2 Å². The molecular formula is C15H22N6O3. The van der Waals surface area contributed by atoms with Crippen molar-refractivity contribution in [3.8, 4) is 6.07 Å². The van der Waals surface area contributed by atoms with E-state index in [9.17, 15) is 19.6 Å². The van der Waals surface area contributed by atoms with Gasteiger partial charge in [0.25, 0.3) is 5.56 Å². The van der Waals surface area contributed by atoms with Crippen LogP contribution in [0.15, 0.2) is 9.59 Å². The number of hydrogen-bond donors (Lipinski definition) is 1. The fourth-order valence-corrected chi connectivity index (χ4v) is 2.88. The second kappa shape index (κ2) is 7.31. The number of rotatable bonds is 4. The molecule has 0 spiro atoms. The van der Waals surface area contributed by atoms with E-state index in [1.807, 2.05) is 22.8 Å². The molecule has 0 saturated carbocycles. The van der Waals surface area contributed by atoms with Crippen LogP contribution < -0.4 is 21.5 Å². The molecule has 1 fully saturated rings. The Hall–Kier alpha value is -2.60. The van der Waals surface area contributed by atoms with E-state index in [1.165, 1.54) is 11.6 Å². The number of hydrogen-bond acceptors (Lipinski definition) is 6. The number of aromatic nitrogens is 2. The summed E-state index contributed by atoms with van der Waals surface area (Å²) in [4.78, 5) is 39.8. The van der Waals surface area contributed by atoms with Crippen LogP contribution in [-0.2, 0) is 18.9 Å². The first-order valence-corrected chi connectivity index (χ1v) is 7.84. The molecule has 24 heavy (non-hydrogen) atoms. The van der Waals surface area contributed by atoms with Crippen molar-refractivity contribution < 1.29 is 4.79 Å². The van der Waals surface area contributed by atoms with Gasteiger partial charge in [-0.15, -0.1) is 0 Å². The van der Waals surface area contributed by atoms with Crippen molar-refractivity contribution in [1.29, 1.82) is 5.26 Å². The molecule has 1 aliphatic rings. The molecule has 130 valence electrons. The molecule has 0 unspecified atom stereocenters. The van der Waals surface area contributed by atoms with Crippen molar-refractivity contribution in [2.24, 2.45) is 14.1 Å². The molecule has 2 rings (SSSR count). The molecule has 1 saturated heterocycles. The standard InChI is InChI=1S/C15H22N6O3/c1-4-17-12(22)10-20-5-7-21(8-6-20)13-11(9-16)14(23)19(3)15(24)18(13)2/h4-8,10H2,1-3H3,(H,17,22). The number of nitrogens with one attached hydrogen (secondary N) is 1. The van der Waals surface area contributed by atoms with E-state index in [2.05, 4.69) is 5.32 Å². The fraction of sp³-hybridized carbons (Fsp3) is 0.600. The summed E-state index contributed by atoms with van der Waals surface area (Å²) in [5.41, 5.74) is -1.07. The maximum absolute atomic E-state index is 12.2. The topological polar surface area (TPSA) is 103 Å². The van der Waals surface area contributed by atoms with Gasteiger partial charge in [-0.05, 0) is 6.92 Å². The highest BCUT2D eigenvalue weighted by Crippen LogP contribution is 2.16. The van der Waals surface area contributed by atoms with Crippen LogP contribution in [-0.4, -0.2) is 59.2 Å². The Labute approximate surface area is 139 Å². The minimum atomic E-state index is -0.583. The molecule has 0 bridgehead atoms. The lowest BCUT2D eigenvalue weighted by molar-refractivity contribution is -0.122. The lowest BCUT2D eigenvalue weighted by Crippen LogP contribution is -2.52. The molecule has 9 nitrogen and oxygen atoms in total. The average Bonchev–Trinajstić information content (AvgIpc) is 2.57. The first-order chi connectivity index (χ1) is 11.4. The van der Waals surface area contributed by atoms with Crippen molar-refractivity contribution >= 4 is 11.7 Å². The van der Waals surface area contributed by atoms with Crippen LogP contribution in [0.4, 0.5) is 5.82 Å². The van der Waals surface area contributed by atoms with Gasteiger partial charge in [-0.3, -0.25) is 23.6 Å². The second-order valence-electron chi connectivity index (χ2n) is 5.73. The highest BCUT2D eigenvalue weighted by molar-refractivity contribution is 5.78. The van der Waals surface area contributed by atoms with Crippen molar-refractivity contribution in [2.75, 3.05) is 44.2 Å². The van der Waals surface area contributed by atoms with Crippen LogP contribution in [0.25, 0.3) is 0 Å². The first-order valence-electron chi connectivity index (χ1n) is 7.84. The Bertz CT molecular complexity index is 780. The maximum atomic E-state index is 12.2. The molecule has 0 aromatic carbocycles. The van der Waals surface area contributed by atoms with Crippen molar-refractivity contribution in [3.63, 3.8) is 0 Å². The Balaban J connectivity index is 2.21. The number of amides is 1. The zero-order valence-electron chi connectivity index (χ0n) is 14.2. The van der Waals surface area contributed by atoms with E-state index >= 15 is 0 Å². The summed E-state index contributed by atoms with van der Waals surface area (Å²) in [5.74, 6) is 0.327. The van der Waals surface area contributed by atoms with E-state index in [-0.39, 0.29) is 11.5 Å². The summed E-state index contributed by atoms with van der Waals surface area (Å²) in [7, 11) is 2.92. The number of nitrogens with zero attached hydrogens (tertiary/aromatic N) is 5. The van der Waals surface area contributed by atoms with Crippen LogP contribution in [0.1, 0.15) is 12.5 Å². The lowest BCUT2D eigenvalue weighted by atomic mass is 10.2. The van der Waals surface area contributed by atoms with E-state index in [4.69, 9.17) is 0 Å². The fourth-order valence-electron chi connectivity index (χ4n) is 2.88. The SMILES string of the molecule is CCNC(=O)CN1CCN(c2c(C#N)c(=O)n(C)c(=O)n2C)CC1. The molecule has 1 aromatic rings. The molecule has 1 N–H and O–H groups in total. The summed E-state index contributed by atoms with van der Waals surface area (Å²) in [6.07, 6.45) is 0. The van der Waals surface area contributed by atoms with Crippen molar-refractivity contribution in [2.45, 2.75) is 6.92 Å². The highest BCUT2D eigenvalue weighted by Gasteiger charge is 2.25. The maximum Gasteiger partial charge on any atom is 0.332 e. The molecule has 0 aliphatic carbocycles. The Kier molecular flexibility index (Phi) is 5.41. The largest absolute Gasteiger partial charge is 0.355 e. The predicted molar refractivity (Wildman–Crippen MR) is 89.0 cm³/mol. The van der Waals surface area contributed by atoms with Crippen LogP contribution in [0.2, 0.25) is 0 Å². The molecule has 2 heterocycles. The average molecular weight is 334 g/mol. The number of nitriles is 1. The lowest BCUT2D eigenvalue weighted by Gasteiger charge is -2.36. The van der Waals surface area contributed by atoms with E-state index in [0.29, 0.717) is 45.1 Å². The molecule has 0 atom stereocenters. The molecule has 1 aliphatic heterocycles. The van der Waals surface area contributed by atoms with Gasteiger partial charge in [0.05, 0.1) is 6.54 Å². The summed E-state index contributed by atoms with van der Waals surface area (Å²) < 4.78 is 2.27. The summed E-state index contributed by atoms with van der Waals surface area (Å²) in [6.45, 7) is 5.09. The van der Waals surface area contributed by atoms with Crippen molar-refractivity contribution in [3.05, 3.63) is 26.4 Å². The Morgan fingerprint density at radius 2 is 1.79 bits per heavy atom. The third kappa shape index (κ3) is 3.33. The summed E-state index contributed by atoms with van der Waals surface area (Å²) in [5, 5.41) is 12.1. The van der Waals surface area contributed by atoms with Crippen LogP contribution in [0.3, 0.4) is 0 Å². The quantitative estimate of drug-likeness (QED) is 0.698. The van der Waals surface area contributed by atoms with Gasteiger partial charge in [0, 0.05) is 46.8 Å². The first kappa shape index (κ1) is 17.7. The number of carbonyl (C=O) groups excluding carboxylic acids is 1. The summed E-state index contributed by atoms with van der Waals surface area (Å²) >= 11 is 0. The van der Waals surface area contributed by atoms with Gasteiger partial charge in [-0.2, -0.15) is 5.26 Å². The number of carbonyl (C=O) groups is 1.